The molecular weight excluding hydrogens is 220 g/mol. The number of Topliss-reactive ketones (excluding diaryl/α,β-unsaturated/α-hetero) is 1. The third-order valence-electron chi connectivity index (χ3n) is 3.08. The molecule has 0 bridgehead atoms. The molecule has 0 saturated carbocycles. The maximum atomic E-state index is 11.9. The first-order valence-electron chi connectivity index (χ1n) is 5.54. The first kappa shape index (κ1) is 11.6. The van der Waals surface area contributed by atoms with E-state index in [9.17, 15) is 9.59 Å². The first-order chi connectivity index (χ1) is 8.00. The summed E-state index contributed by atoms with van der Waals surface area (Å²) < 4.78 is 5.43. The van der Waals surface area contributed by atoms with E-state index in [0.717, 1.165) is 0 Å². The highest BCUT2D eigenvalue weighted by Gasteiger charge is 2.26. The predicted octanol–water partition coefficient (Wildman–Crippen LogP) is 2.09. The number of rotatable bonds is 2. The number of hydrogen-bond acceptors (Lipinski definition) is 3. The maximum Gasteiger partial charge on any atom is 0.310 e. The molecule has 90 valence electrons. The SMILES string of the molecule is CC1COc2ccc(C(C)C(=O)O)cc2C1=O. The molecule has 17 heavy (non-hydrogen) atoms. The molecule has 0 aromatic heterocycles. The number of ketones is 1. The topological polar surface area (TPSA) is 63.6 Å². The fraction of sp³-hybridized carbons (Fsp3) is 0.385. The molecular formula is C13H14O4. The molecule has 0 spiro atoms. The van der Waals surface area contributed by atoms with E-state index >= 15 is 0 Å². The van der Waals surface area contributed by atoms with Crippen molar-refractivity contribution in [2.75, 3.05) is 6.61 Å². The second-order valence-corrected chi connectivity index (χ2v) is 4.39. The minimum absolute atomic E-state index is 0.0192. The van der Waals surface area contributed by atoms with Crippen LogP contribution in [0.15, 0.2) is 18.2 Å². The van der Waals surface area contributed by atoms with Crippen LogP contribution in [0.1, 0.15) is 35.7 Å². The summed E-state index contributed by atoms with van der Waals surface area (Å²) in [4.78, 5) is 22.8. The van der Waals surface area contributed by atoms with Crippen LogP contribution >= 0.6 is 0 Å². The second kappa shape index (κ2) is 4.20. The van der Waals surface area contributed by atoms with E-state index in [4.69, 9.17) is 9.84 Å². The van der Waals surface area contributed by atoms with E-state index in [-0.39, 0.29) is 11.7 Å². The second-order valence-electron chi connectivity index (χ2n) is 4.39. The van der Waals surface area contributed by atoms with Gasteiger partial charge in [0.1, 0.15) is 5.75 Å². The van der Waals surface area contributed by atoms with Gasteiger partial charge in [-0.2, -0.15) is 0 Å². The van der Waals surface area contributed by atoms with Crippen LogP contribution in [0.5, 0.6) is 5.75 Å². The summed E-state index contributed by atoms with van der Waals surface area (Å²) in [5.41, 5.74) is 1.12. The lowest BCUT2D eigenvalue weighted by molar-refractivity contribution is -0.138. The maximum absolute atomic E-state index is 11.9. The number of carbonyl (C=O) groups excluding carboxylic acids is 1. The zero-order valence-corrected chi connectivity index (χ0v) is 9.77. The number of ether oxygens (including phenoxy) is 1. The molecule has 0 fully saturated rings. The Kier molecular flexibility index (Phi) is 2.88. The van der Waals surface area contributed by atoms with Gasteiger partial charge in [-0.1, -0.05) is 13.0 Å². The zero-order valence-electron chi connectivity index (χ0n) is 9.77. The average Bonchev–Trinajstić information content (AvgIpc) is 2.32. The number of carboxylic acids is 1. The van der Waals surface area contributed by atoms with Gasteiger partial charge in [0, 0.05) is 0 Å². The minimum Gasteiger partial charge on any atom is -0.492 e. The van der Waals surface area contributed by atoms with Gasteiger partial charge in [-0.15, -0.1) is 0 Å². The molecule has 2 rings (SSSR count). The number of aliphatic carboxylic acids is 1. The number of carboxylic acid groups (broad SMARTS) is 1. The van der Waals surface area contributed by atoms with Gasteiger partial charge in [-0.3, -0.25) is 9.59 Å². The smallest absolute Gasteiger partial charge is 0.310 e. The van der Waals surface area contributed by atoms with Crippen molar-refractivity contribution in [3.8, 4) is 5.75 Å². The largest absolute Gasteiger partial charge is 0.492 e. The Bertz CT molecular complexity index is 478. The van der Waals surface area contributed by atoms with E-state index < -0.39 is 11.9 Å². The lowest BCUT2D eigenvalue weighted by atomic mass is 9.92. The molecule has 1 aromatic rings. The molecule has 0 amide bonds. The normalized spacial score (nSPS) is 20.4. The van der Waals surface area contributed by atoms with E-state index in [1.807, 2.05) is 0 Å². The average molecular weight is 234 g/mol. The van der Waals surface area contributed by atoms with Crippen molar-refractivity contribution in [1.29, 1.82) is 0 Å². The van der Waals surface area contributed by atoms with E-state index in [1.54, 1.807) is 32.0 Å². The Hall–Kier alpha value is -1.84. The van der Waals surface area contributed by atoms with Crippen molar-refractivity contribution in [3.63, 3.8) is 0 Å². The highest BCUT2D eigenvalue weighted by atomic mass is 16.5. The van der Waals surface area contributed by atoms with E-state index in [0.29, 0.717) is 23.5 Å². The van der Waals surface area contributed by atoms with Crippen LogP contribution in [0.4, 0.5) is 0 Å². The molecule has 1 aliphatic heterocycles. The summed E-state index contributed by atoms with van der Waals surface area (Å²) in [5.74, 6) is -1.12. The van der Waals surface area contributed by atoms with Crippen LogP contribution < -0.4 is 4.74 Å². The van der Waals surface area contributed by atoms with Crippen LogP contribution in [0.2, 0.25) is 0 Å². The van der Waals surface area contributed by atoms with Crippen LogP contribution in [-0.4, -0.2) is 23.5 Å². The Morgan fingerprint density at radius 2 is 2.24 bits per heavy atom. The van der Waals surface area contributed by atoms with Gasteiger partial charge in [0.15, 0.2) is 5.78 Å². The summed E-state index contributed by atoms with van der Waals surface area (Å²) in [5, 5.41) is 8.94. The molecule has 0 saturated heterocycles. The standard InChI is InChI=1S/C13H14O4/c1-7-6-17-11-4-3-9(8(2)13(15)16)5-10(11)12(7)14/h3-5,7-8H,6H2,1-2H3,(H,15,16). The van der Waals surface area contributed by atoms with E-state index in [1.165, 1.54) is 0 Å². The van der Waals surface area contributed by atoms with Gasteiger partial charge in [-0.05, 0) is 24.6 Å². The number of fused-ring (bicyclic) bond motifs is 1. The van der Waals surface area contributed by atoms with Gasteiger partial charge >= 0.3 is 5.97 Å². The summed E-state index contributed by atoms with van der Waals surface area (Å²) in [7, 11) is 0. The fourth-order valence-corrected chi connectivity index (χ4v) is 1.83. The first-order valence-corrected chi connectivity index (χ1v) is 5.54. The van der Waals surface area contributed by atoms with Crippen molar-refractivity contribution in [1.82, 2.24) is 0 Å². The van der Waals surface area contributed by atoms with Crippen LogP contribution in [0, 0.1) is 5.92 Å². The quantitative estimate of drug-likeness (QED) is 0.851. The van der Waals surface area contributed by atoms with Crippen molar-refractivity contribution in [2.24, 2.45) is 5.92 Å². The van der Waals surface area contributed by atoms with Crippen molar-refractivity contribution in [2.45, 2.75) is 19.8 Å². The third-order valence-corrected chi connectivity index (χ3v) is 3.08. The van der Waals surface area contributed by atoms with Gasteiger partial charge in [0.2, 0.25) is 0 Å². The summed E-state index contributed by atoms with van der Waals surface area (Å²) >= 11 is 0. The molecule has 2 atom stereocenters. The third kappa shape index (κ3) is 2.02. The molecule has 1 aromatic carbocycles. The molecule has 1 N–H and O–H groups in total. The van der Waals surface area contributed by atoms with Crippen LogP contribution in [0.25, 0.3) is 0 Å². The number of carbonyl (C=O) groups is 2. The van der Waals surface area contributed by atoms with Crippen molar-refractivity contribution >= 4 is 11.8 Å². The van der Waals surface area contributed by atoms with E-state index in [2.05, 4.69) is 0 Å². The summed E-state index contributed by atoms with van der Waals surface area (Å²) in [6.07, 6.45) is 0. The number of hydrogen-bond donors (Lipinski definition) is 1. The van der Waals surface area contributed by atoms with Crippen LogP contribution in [-0.2, 0) is 4.79 Å². The van der Waals surface area contributed by atoms with Gasteiger partial charge in [-0.25, -0.2) is 0 Å². The molecule has 4 heteroatoms. The molecule has 2 unspecified atom stereocenters. The van der Waals surface area contributed by atoms with Crippen molar-refractivity contribution < 1.29 is 19.4 Å². The lowest BCUT2D eigenvalue weighted by Crippen LogP contribution is -2.25. The molecule has 0 radical (unpaired) electrons. The lowest BCUT2D eigenvalue weighted by Gasteiger charge is -2.22. The molecule has 0 aliphatic carbocycles. The summed E-state index contributed by atoms with van der Waals surface area (Å²) in [6, 6.07) is 5.00. The highest BCUT2D eigenvalue weighted by molar-refractivity contribution is 6.01. The predicted molar refractivity (Wildman–Crippen MR) is 61.5 cm³/mol. The number of benzene rings is 1. The molecule has 1 aliphatic rings. The van der Waals surface area contributed by atoms with Crippen LogP contribution in [0.3, 0.4) is 0 Å². The molecule has 1 heterocycles. The zero-order chi connectivity index (χ0) is 12.6. The summed E-state index contributed by atoms with van der Waals surface area (Å²) in [6.45, 7) is 3.79. The fourth-order valence-electron chi connectivity index (χ4n) is 1.83. The Labute approximate surface area is 99.2 Å². The Balaban J connectivity index is 2.42. The van der Waals surface area contributed by atoms with Gasteiger partial charge < -0.3 is 9.84 Å². The van der Waals surface area contributed by atoms with Gasteiger partial charge in [0.25, 0.3) is 0 Å². The molecule has 4 nitrogen and oxygen atoms in total. The Morgan fingerprint density at radius 3 is 2.88 bits per heavy atom. The van der Waals surface area contributed by atoms with Crippen molar-refractivity contribution in [3.05, 3.63) is 29.3 Å². The highest BCUT2D eigenvalue weighted by Crippen LogP contribution is 2.30. The minimum atomic E-state index is -0.901. The van der Waals surface area contributed by atoms with Gasteiger partial charge in [0.05, 0.1) is 24.0 Å². The Morgan fingerprint density at radius 1 is 1.53 bits per heavy atom. The monoisotopic (exact) mass is 234 g/mol.